The van der Waals surface area contributed by atoms with Crippen molar-refractivity contribution in [3.63, 3.8) is 0 Å². The Kier molecular flexibility index (Phi) is 4.19. The van der Waals surface area contributed by atoms with Crippen molar-refractivity contribution in [1.82, 2.24) is 24.1 Å². The van der Waals surface area contributed by atoms with Gasteiger partial charge >= 0.3 is 0 Å². The number of allylic oxidation sites excluding steroid dienone is 1. The lowest BCUT2D eigenvalue weighted by atomic mass is 10.2. The predicted octanol–water partition coefficient (Wildman–Crippen LogP) is 2.25. The summed E-state index contributed by atoms with van der Waals surface area (Å²) in [6, 6.07) is 7.52. The summed E-state index contributed by atoms with van der Waals surface area (Å²) in [4.78, 5) is 33.4. The van der Waals surface area contributed by atoms with Crippen LogP contribution < -0.4 is 10.9 Å². The van der Waals surface area contributed by atoms with Crippen LogP contribution in [0.3, 0.4) is 0 Å². The van der Waals surface area contributed by atoms with Crippen LogP contribution in [0.5, 0.6) is 0 Å². The Bertz CT molecular complexity index is 1290. The standard InChI is InChI=1S/C19H15FN6O2/c1-11(2)14-8-17-25(10-16(27)23-15-6-5-12(20)9-22-15)18-13(4-3-7-21-18)19(28)26(17)24-14/h3-9H,1,10H2,2H3,(H,22,23,27). The van der Waals surface area contributed by atoms with Gasteiger partial charge in [0.05, 0.1) is 17.3 Å². The van der Waals surface area contributed by atoms with E-state index in [1.165, 1.54) is 16.6 Å². The molecule has 0 aliphatic heterocycles. The predicted molar refractivity (Wildman–Crippen MR) is 102 cm³/mol. The van der Waals surface area contributed by atoms with Crippen LogP contribution in [0.4, 0.5) is 10.2 Å². The van der Waals surface area contributed by atoms with E-state index in [0.717, 1.165) is 6.20 Å². The number of nitrogens with zero attached hydrogens (tertiary/aromatic N) is 5. The van der Waals surface area contributed by atoms with Crippen molar-refractivity contribution in [2.75, 3.05) is 5.32 Å². The van der Waals surface area contributed by atoms with Crippen LogP contribution in [0.15, 0.2) is 54.1 Å². The van der Waals surface area contributed by atoms with Crippen LogP contribution in [0.25, 0.3) is 22.3 Å². The van der Waals surface area contributed by atoms with E-state index in [1.54, 1.807) is 35.9 Å². The summed E-state index contributed by atoms with van der Waals surface area (Å²) >= 11 is 0. The fraction of sp³-hybridized carbons (Fsp3) is 0.105. The number of carbonyl (C=O) groups is 1. The summed E-state index contributed by atoms with van der Waals surface area (Å²) in [6.07, 6.45) is 2.56. The number of hydrogen-bond acceptors (Lipinski definition) is 5. The van der Waals surface area contributed by atoms with Crippen molar-refractivity contribution in [1.29, 1.82) is 0 Å². The van der Waals surface area contributed by atoms with Gasteiger partial charge in [-0.1, -0.05) is 6.58 Å². The first-order valence-corrected chi connectivity index (χ1v) is 8.38. The van der Waals surface area contributed by atoms with Crippen molar-refractivity contribution in [2.24, 2.45) is 0 Å². The smallest absolute Gasteiger partial charge is 0.283 e. The van der Waals surface area contributed by atoms with Gasteiger partial charge in [0.25, 0.3) is 5.56 Å². The van der Waals surface area contributed by atoms with Gasteiger partial charge in [-0.15, -0.1) is 0 Å². The molecule has 0 unspecified atom stereocenters. The summed E-state index contributed by atoms with van der Waals surface area (Å²) in [5, 5.41) is 7.23. The molecule has 4 heterocycles. The molecule has 1 N–H and O–H groups in total. The number of hydrogen-bond donors (Lipinski definition) is 1. The van der Waals surface area contributed by atoms with E-state index >= 15 is 0 Å². The van der Waals surface area contributed by atoms with E-state index in [0.29, 0.717) is 27.9 Å². The molecule has 0 bridgehead atoms. The molecule has 1 amide bonds. The Hall–Kier alpha value is -3.88. The highest BCUT2D eigenvalue weighted by molar-refractivity contribution is 5.91. The van der Waals surface area contributed by atoms with Crippen molar-refractivity contribution >= 4 is 34.0 Å². The first-order chi connectivity index (χ1) is 13.4. The van der Waals surface area contributed by atoms with E-state index in [1.807, 2.05) is 0 Å². The monoisotopic (exact) mass is 378 g/mol. The highest BCUT2D eigenvalue weighted by Crippen LogP contribution is 2.17. The molecule has 0 saturated heterocycles. The molecule has 0 fully saturated rings. The van der Waals surface area contributed by atoms with Gasteiger partial charge in [-0.25, -0.2) is 14.4 Å². The largest absolute Gasteiger partial charge is 0.309 e. The van der Waals surface area contributed by atoms with E-state index in [2.05, 4.69) is 27.0 Å². The zero-order valence-corrected chi connectivity index (χ0v) is 14.9. The number of rotatable bonds is 4. The lowest BCUT2D eigenvalue weighted by Crippen LogP contribution is -2.25. The lowest BCUT2D eigenvalue weighted by molar-refractivity contribution is -0.116. The Balaban J connectivity index is 1.82. The normalized spacial score (nSPS) is 11.1. The van der Waals surface area contributed by atoms with E-state index in [-0.39, 0.29) is 17.9 Å². The van der Waals surface area contributed by atoms with Crippen LogP contribution in [0, 0.1) is 5.82 Å². The van der Waals surface area contributed by atoms with Gasteiger partial charge in [0.2, 0.25) is 5.91 Å². The van der Waals surface area contributed by atoms with Gasteiger partial charge in [-0.2, -0.15) is 9.61 Å². The average molecular weight is 378 g/mol. The van der Waals surface area contributed by atoms with Gasteiger partial charge in [-0.05, 0) is 36.8 Å². The van der Waals surface area contributed by atoms with E-state index in [4.69, 9.17) is 0 Å². The molecular weight excluding hydrogens is 363 g/mol. The number of aromatic nitrogens is 5. The van der Waals surface area contributed by atoms with Crippen molar-refractivity contribution in [2.45, 2.75) is 13.5 Å². The van der Waals surface area contributed by atoms with Gasteiger partial charge in [0.15, 0.2) is 0 Å². The fourth-order valence-corrected chi connectivity index (χ4v) is 2.85. The molecule has 0 aliphatic carbocycles. The maximum absolute atomic E-state index is 13.0. The lowest BCUT2D eigenvalue weighted by Gasteiger charge is -2.12. The maximum Gasteiger partial charge on any atom is 0.283 e. The third kappa shape index (κ3) is 3.02. The summed E-state index contributed by atoms with van der Waals surface area (Å²) in [7, 11) is 0. The van der Waals surface area contributed by atoms with Crippen molar-refractivity contribution in [3.05, 3.63) is 71.2 Å². The third-order valence-electron chi connectivity index (χ3n) is 4.17. The fourth-order valence-electron chi connectivity index (χ4n) is 2.85. The Morgan fingerprint density at radius 3 is 2.82 bits per heavy atom. The minimum atomic E-state index is -0.498. The number of amides is 1. The molecule has 0 aromatic carbocycles. The molecular formula is C19H15FN6O2. The van der Waals surface area contributed by atoms with Crippen LogP contribution in [0.2, 0.25) is 0 Å². The molecule has 0 saturated carbocycles. The number of halogens is 1. The van der Waals surface area contributed by atoms with E-state index in [9.17, 15) is 14.0 Å². The molecule has 9 heteroatoms. The zero-order valence-electron chi connectivity index (χ0n) is 14.9. The summed E-state index contributed by atoms with van der Waals surface area (Å²) in [6.45, 7) is 5.49. The van der Waals surface area contributed by atoms with Gasteiger partial charge in [-0.3, -0.25) is 9.59 Å². The Morgan fingerprint density at radius 1 is 1.29 bits per heavy atom. The highest BCUT2D eigenvalue weighted by Gasteiger charge is 2.17. The minimum Gasteiger partial charge on any atom is -0.309 e. The number of nitrogens with one attached hydrogen (secondary N) is 1. The maximum atomic E-state index is 13.0. The second-order valence-electron chi connectivity index (χ2n) is 6.26. The molecule has 140 valence electrons. The first kappa shape index (κ1) is 17.5. The molecule has 0 aliphatic rings. The number of carbonyl (C=O) groups excluding carboxylic acids is 1. The molecule has 0 atom stereocenters. The molecule has 8 nitrogen and oxygen atoms in total. The Labute approximate surface area is 158 Å². The van der Waals surface area contributed by atoms with Gasteiger partial charge in [0.1, 0.15) is 29.5 Å². The summed E-state index contributed by atoms with van der Waals surface area (Å²) in [5.41, 5.74) is 1.67. The average Bonchev–Trinajstić information content (AvgIpc) is 3.13. The third-order valence-corrected chi connectivity index (χ3v) is 4.17. The summed E-state index contributed by atoms with van der Waals surface area (Å²) < 4.78 is 15.8. The van der Waals surface area contributed by atoms with Gasteiger partial charge < -0.3 is 9.88 Å². The molecule has 4 aromatic heterocycles. The molecule has 28 heavy (non-hydrogen) atoms. The quantitative estimate of drug-likeness (QED) is 0.588. The van der Waals surface area contributed by atoms with E-state index < -0.39 is 11.7 Å². The van der Waals surface area contributed by atoms with Gasteiger partial charge in [0, 0.05) is 12.3 Å². The van der Waals surface area contributed by atoms with Crippen LogP contribution in [-0.2, 0) is 11.3 Å². The molecule has 4 aromatic rings. The number of pyridine rings is 2. The molecule has 0 spiro atoms. The second kappa shape index (κ2) is 6.69. The topological polar surface area (TPSA) is 94.2 Å². The minimum absolute atomic E-state index is 0.141. The van der Waals surface area contributed by atoms with Crippen LogP contribution in [-0.4, -0.2) is 30.1 Å². The molecule has 4 rings (SSSR count). The summed E-state index contributed by atoms with van der Waals surface area (Å²) in [5.74, 6) is -0.687. The number of fused-ring (bicyclic) bond motifs is 2. The van der Waals surface area contributed by atoms with Crippen LogP contribution in [0.1, 0.15) is 12.6 Å². The van der Waals surface area contributed by atoms with Crippen LogP contribution >= 0.6 is 0 Å². The van der Waals surface area contributed by atoms with Crippen molar-refractivity contribution < 1.29 is 9.18 Å². The highest BCUT2D eigenvalue weighted by atomic mass is 19.1. The molecule has 0 radical (unpaired) electrons. The SMILES string of the molecule is C=C(C)c1cc2n(CC(=O)Nc3ccc(F)cn3)c3ncccc3c(=O)n2n1. The first-order valence-electron chi connectivity index (χ1n) is 8.38. The Morgan fingerprint density at radius 2 is 2.11 bits per heavy atom. The zero-order chi connectivity index (χ0) is 19.8. The number of anilines is 1. The second-order valence-corrected chi connectivity index (χ2v) is 6.26. The van der Waals surface area contributed by atoms with Crippen molar-refractivity contribution in [3.8, 4) is 0 Å².